The van der Waals surface area contributed by atoms with Crippen LogP contribution in [0.2, 0.25) is 0 Å². The SMILES string of the molecule is CCCCCN(CCCCC)CC(C)NC(=O)c1ccnn1C(F)F. The number of rotatable bonds is 13. The van der Waals surface area contributed by atoms with Crippen molar-refractivity contribution < 1.29 is 13.6 Å². The fraction of sp³-hybridized carbons (Fsp3) is 0.778. The van der Waals surface area contributed by atoms with E-state index in [1.165, 1.54) is 37.9 Å². The number of carbonyl (C=O) groups excluding carboxylic acids is 1. The quantitative estimate of drug-likeness (QED) is 0.541. The maximum absolute atomic E-state index is 12.8. The summed E-state index contributed by atoms with van der Waals surface area (Å²) in [5.74, 6) is -0.507. The fourth-order valence-corrected chi connectivity index (χ4v) is 2.85. The molecule has 1 atom stereocenters. The van der Waals surface area contributed by atoms with Crippen LogP contribution >= 0.6 is 0 Å². The van der Waals surface area contributed by atoms with Crippen LogP contribution < -0.4 is 5.32 Å². The third-order valence-electron chi connectivity index (χ3n) is 4.15. The molecular formula is C18H32F2N4O. The summed E-state index contributed by atoms with van der Waals surface area (Å²) in [6, 6.07) is 1.20. The molecule has 0 aromatic carbocycles. The Hall–Kier alpha value is -1.50. The predicted molar refractivity (Wildman–Crippen MR) is 95.9 cm³/mol. The Bertz CT molecular complexity index is 483. The molecule has 1 aromatic heterocycles. The second-order valence-corrected chi connectivity index (χ2v) is 6.53. The predicted octanol–water partition coefficient (Wildman–Crippen LogP) is 4.08. The normalized spacial score (nSPS) is 12.8. The van der Waals surface area contributed by atoms with Crippen LogP contribution in [0.15, 0.2) is 12.3 Å². The van der Waals surface area contributed by atoms with Crippen molar-refractivity contribution in [1.82, 2.24) is 20.0 Å². The average Bonchev–Trinajstić information content (AvgIpc) is 3.05. The van der Waals surface area contributed by atoms with E-state index in [1.807, 2.05) is 6.92 Å². The monoisotopic (exact) mass is 358 g/mol. The number of nitrogens with one attached hydrogen (secondary N) is 1. The number of alkyl halides is 2. The van der Waals surface area contributed by atoms with E-state index < -0.39 is 12.5 Å². The van der Waals surface area contributed by atoms with Crippen LogP contribution in [-0.4, -0.2) is 46.3 Å². The van der Waals surface area contributed by atoms with Crippen LogP contribution in [-0.2, 0) is 0 Å². The molecule has 0 aliphatic heterocycles. The van der Waals surface area contributed by atoms with E-state index in [9.17, 15) is 13.6 Å². The maximum Gasteiger partial charge on any atom is 0.333 e. The van der Waals surface area contributed by atoms with Gasteiger partial charge in [0.05, 0.1) is 0 Å². The molecule has 25 heavy (non-hydrogen) atoms. The summed E-state index contributed by atoms with van der Waals surface area (Å²) in [6.07, 6.45) is 8.23. The third-order valence-corrected chi connectivity index (χ3v) is 4.15. The minimum Gasteiger partial charge on any atom is -0.347 e. The highest BCUT2D eigenvalue weighted by atomic mass is 19.3. The van der Waals surface area contributed by atoms with Gasteiger partial charge >= 0.3 is 6.55 Å². The zero-order valence-corrected chi connectivity index (χ0v) is 15.7. The van der Waals surface area contributed by atoms with Gasteiger partial charge in [0, 0.05) is 18.8 Å². The first-order valence-corrected chi connectivity index (χ1v) is 9.34. The van der Waals surface area contributed by atoms with Gasteiger partial charge in [0.2, 0.25) is 0 Å². The number of carbonyl (C=O) groups is 1. The molecule has 0 bridgehead atoms. The number of hydrogen-bond acceptors (Lipinski definition) is 3. The van der Waals surface area contributed by atoms with E-state index in [0.29, 0.717) is 4.68 Å². The van der Waals surface area contributed by atoms with Gasteiger partial charge in [0.25, 0.3) is 5.91 Å². The Balaban J connectivity index is 2.54. The molecule has 144 valence electrons. The number of amides is 1. The lowest BCUT2D eigenvalue weighted by Gasteiger charge is -2.26. The van der Waals surface area contributed by atoms with Gasteiger partial charge in [-0.05, 0) is 38.9 Å². The van der Waals surface area contributed by atoms with Crippen molar-refractivity contribution in [2.24, 2.45) is 0 Å². The number of nitrogens with zero attached hydrogens (tertiary/aromatic N) is 3. The molecule has 5 nitrogen and oxygen atoms in total. The summed E-state index contributed by atoms with van der Waals surface area (Å²) in [4.78, 5) is 14.6. The molecule has 0 radical (unpaired) electrons. The van der Waals surface area contributed by atoms with E-state index in [2.05, 4.69) is 29.2 Å². The summed E-state index contributed by atoms with van der Waals surface area (Å²) in [5, 5.41) is 6.31. The van der Waals surface area contributed by atoms with Gasteiger partial charge in [-0.1, -0.05) is 39.5 Å². The van der Waals surface area contributed by atoms with Gasteiger partial charge in [-0.15, -0.1) is 0 Å². The van der Waals surface area contributed by atoms with E-state index in [-0.39, 0.29) is 11.7 Å². The van der Waals surface area contributed by atoms with Crippen molar-refractivity contribution in [2.75, 3.05) is 19.6 Å². The molecule has 1 heterocycles. The average molecular weight is 358 g/mol. The second kappa shape index (κ2) is 12.0. The molecule has 1 unspecified atom stereocenters. The number of unbranched alkanes of at least 4 members (excludes halogenated alkanes) is 4. The van der Waals surface area contributed by atoms with E-state index >= 15 is 0 Å². The molecular weight excluding hydrogens is 326 g/mol. The zero-order chi connectivity index (χ0) is 18.7. The fourth-order valence-electron chi connectivity index (χ4n) is 2.85. The molecule has 0 fully saturated rings. The van der Waals surface area contributed by atoms with Crippen molar-refractivity contribution >= 4 is 5.91 Å². The second-order valence-electron chi connectivity index (χ2n) is 6.53. The van der Waals surface area contributed by atoms with Crippen molar-refractivity contribution in [2.45, 2.75) is 71.9 Å². The van der Waals surface area contributed by atoms with Crippen molar-refractivity contribution in [3.63, 3.8) is 0 Å². The van der Waals surface area contributed by atoms with Crippen LogP contribution in [0.1, 0.15) is 76.3 Å². The molecule has 7 heteroatoms. The number of halogens is 2. The van der Waals surface area contributed by atoms with E-state index in [1.54, 1.807) is 0 Å². The van der Waals surface area contributed by atoms with Crippen LogP contribution in [0.5, 0.6) is 0 Å². The van der Waals surface area contributed by atoms with Crippen molar-refractivity contribution in [1.29, 1.82) is 0 Å². The van der Waals surface area contributed by atoms with Gasteiger partial charge < -0.3 is 10.2 Å². The summed E-state index contributed by atoms with van der Waals surface area (Å²) in [6.45, 7) is 6.19. The zero-order valence-electron chi connectivity index (χ0n) is 15.7. The first-order chi connectivity index (χ1) is 12.0. The number of hydrogen-bond donors (Lipinski definition) is 1. The summed E-state index contributed by atoms with van der Waals surface area (Å²) in [7, 11) is 0. The standard InChI is InChI=1S/C18H32F2N4O/c1-4-6-8-12-23(13-9-7-5-2)14-15(3)22-17(25)16-10-11-21-24(16)18(19)20/h10-11,15,18H,4-9,12-14H2,1-3H3,(H,22,25). The Morgan fingerprint density at radius 3 is 2.32 bits per heavy atom. The van der Waals surface area contributed by atoms with Crippen LogP contribution in [0.25, 0.3) is 0 Å². The lowest BCUT2D eigenvalue weighted by atomic mass is 10.2. The Labute approximate surface area is 149 Å². The third kappa shape index (κ3) is 7.94. The van der Waals surface area contributed by atoms with Crippen LogP contribution in [0.3, 0.4) is 0 Å². The molecule has 0 saturated carbocycles. The van der Waals surface area contributed by atoms with E-state index in [4.69, 9.17) is 0 Å². The Morgan fingerprint density at radius 2 is 1.80 bits per heavy atom. The van der Waals surface area contributed by atoms with Crippen molar-refractivity contribution in [3.8, 4) is 0 Å². The molecule has 1 rings (SSSR count). The minimum absolute atomic E-state index is 0.106. The van der Waals surface area contributed by atoms with Gasteiger partial charge in [0.1, 0.15) is 5.69 Å². The smallest absolute Gasteiger partial charge is 0.333 e. The number of aromatic nitrogens is 2. The molecule has 0 spiro atoms. The minimum atomic E-state index is -2.81. The summed E-state index contributed by atoms with van der Waals surface area (Å²) in [5.41, 5.74) is -0.106. The van der Waals surface area contributed by atoms with E-state index in [0.717, 1.165) is 32.5 Å². The molecule has 0 aliphatic rings. The van der Waals surface area contributed by atoms with Crippen molar-refractivity contribution in [3.05, 3.63) is 18.0 Å². The molecule has 0 aliphatic carbocycles. The van der Waals surface area contributed by atoms with Gasteiger partial charge in [-0.2, -0.15) is 18.6 Å². The Kier molecular flexibility index (Phi) is 10.3. The lowest BCUT2D eigenvalue weighted by Crippen LogP contribution is -2.43. The molecule has 1 aromatic rings. The lowest BCUT2D eigenvalue weighted by molar-refractivity contribution is 0.0506. The van der Waals surface area contributed by atoms with Gasteiger partial charge in [-0.25, -0.2) is 0 Å². The molecule has 0 saturated heterocycles. The molecule has 1 N–H and O–H groups in total. The first-order valence-electron chi connectivity index (χ1n) is 9.34. The largest absolute Gasteiger partial charge is 0.347 e. The molecule has 1 amide bonds. The highest BCUT2D eigenvalue weighted by Crippen LogP contribution is 2.12. The highest BCUT2D eigenvalue weighted by molar-refractivity contribution is 5.92. The maximum atomic E-state index is 12.8. The first kappa shape index (κ1) is 21.5. The summed E-state index contributed by atoms with van der Waals surface area (Å²) >= 11 is 0. The van der Waals surface area contributed by atoms with Gasteiger partial charge in [-0.3, -0.25) is 4.79 Å². The topological polar surface area (TPSA) is 50.2 Å². The summed E-state index contributed by atoms with van der Waals surface area (Å²) < 4.78 is 26.1. The van der Waals surface area contributed by atoms with Crippen LogP contribution in [0.4, 0.5) is 8.78 Å². The Morgan fingerprint density at radius 1 is 1.20 bits per heavy atom. The highest BCUT2D eigenvalue weighted by Gasteiger charge is 2.20. The van der Waals surface area contributed by atoms with Crippen LogP contribution in [0, 0.1) is 0 Å². The van der Waals surface area contributed by atoms with Gasteiger partial charge in [0.15, 0.2) is 0 Å².